The average Bonchev–Trinajstić information content (AvgIpc) is 2.48. The van der Waals surface area contributed by atoms with Crippen LogP contribution in [0.1, 0.15) is 10.4 Å². The molecule has 1 heterocycles. The van der Waals surface area contributed by atoms with E-state index in [4.69, 9.17) is 32.7 Å². The molecule has 2 aromatic rings. The molecule has 0 saturated carbocycles. The minimum atomic E-state index is -0.353. The van der Waals surface area contributed by atoms with Gasteiger partial charge in [0, 0.05) is 23.9 Å². The standard InChI is InChI=1S/C14H12Cl2N2O3/c1-20-11-6-9(15)10(7-12(11)21-2)18-14(19)8-3-4-17-13(16)5-8/h3-7H,1-2H3,(H,18,19). The van der Waals surface area contributed by atoms with Crippen molar-refractivity contribution in [3.8, 4) is 11.5 Å². The highest BCUT2D eigenvalue weighted by atomic mass is 35.5. The third-order valence-corrected chi connectivity index (χ3v) is 3.23. The van der Waals surface area contributed by atoms with Crippen molar-refractivity contribution in [1.29, 1.82) is 0 Å². The van der Waals surface area contributed by atoms with Crippen LogP contribution >= 0.6 is 23.2 Å². The Bertz CT molecular complexity index is 677. The SMILES string of the molecule is COc1cc(Cl)c(NC(=O)c2ccnc(Cl)c2)cc1OC. The average molecular weight is 327 g/mol. The number of carbonyl (C=O) groups excluding carboxylic acids is 1. The Hall–Kier alpha value is -1.98. The van der Waals surface area contributed by atoms with E-state index in [-0.39, 0.29) is 11.1 Å². The van der Waals surface area contributed by atoms with Crippen molar-refractivity contribution < 1.29 is 14.3 Å². The maximum Gasteiger partial charge on any atom is 0.255 e. The molecular formula is C14H12Cl2N2O3. The molecule has 0 bridgehead atoms. The van der Waals surface area contributed by atoms with Crippen LogP contribution in [0.3, 0.4) is 0 Å². The number of hydrogen-bond acceptors (Lipinski definition) is 4. The largest absolute Gasteiger partial charge is 0.493 e. The van der Waals surface area contributed by atoms with E-state index >= 15 is 0 Å². The minimum Gasteiger partial charge on any atom is -0.493 e. The van der Waals surface area contributed by atoms with E-state index in [0.29, 0.717) is 27.8 Å². The van der Waals surface area contributed by atoms with E-state index in [1.807, 2.05) is 0 Å². The zero-order valence-electron chi connectivity index (χ0n) is 11.3. The van der Waals surface area contributed by atoms with Crippen LogP contribution in [0.2, 0.25) is 10.2 Å². The molecule has 5 nitrogen and oxygen atoms in total. The van der Waals surface area contributed by atoms with E-state index in [1.165, 1.54) is 26.5 Å². The van der Waals surface area contributed by atoms with Gasteiger partial charge in [0.15, 0.2) is 11.5 Å². The molecule has 21 heavy (non-hydrogen) atoms. The van der Waals surface area contributed by atoms with Crippen molar-refractivity contribution in [2.24, 2.45) is 0 Å². The van der Waals surface area contributed by atoms with Gasteiger partial charge in [-0.25, -0.2) is 4.98 Å². The summed E-state index contributed by atoms with van der Waals surface area (Å²) in [6.07, 6.45) is 1.45. The fraction of sp³-hybridized carbons (Fsp3) is 0.143. The number of pyridine rings is 1. The number of ether oxygens (including phenoxy) is 2. The first-order valence-corrected chi connectivity index (χ1v) is 6.65. The van der Waals surface area contributed by atoms with E-state index in [1.54, 1.807) is 18.2 Å². The molecule has 0 atom stereocenters. The number of amides is 1. The van der Waals surface area contributed by atoms with Crippen LogP contribution in [0.25, 0.3) is 0 Å². The molecule has 7 heteroatoms. The number of aromatic nitrogens is 1. The van der Waals surface area contributed by atoms with Gasteiger partial charge in [-0.3, -0.25) is 4.79 Å². The number of nitrogens with one attached hydrogen (secondary N) is 1. The van der Waals surface area contributed by atoms with E-state index in [0.717, 1.165) is 0 Å². The zero-order chi connectivity index (χ0) is 15.4. The highest BCUT2D eigenvalue weighted by molar-refractivity contribution is 6.34. The molecule has 1 N–H and O–H groups in total. The molecular weight excluding hydrogens is 315 g/mol. The van der Waals surface area contributed by atoms with E-state index < -0.39 is 0 Å². The monoisotopic (exact) mass is 326 g/mol. The summed E-state index contributed by atoms with van der Waals surface area (Å²) < 4.78 is 10.3. The number of nitrogens with zero attached hydrogens (tertiary/aromatic N) is 1. The van der Waals surface area contributed by atoms with Gasteiger partial charge in [0.25, 0.3) is 5.91 Å². The molecule has 1 amide bonds. The van der Waals surface area contributed by atoms with Crippen LogP contribution in [-0.2, 0) is 0 Å². The quantitative estimate of drug-likeness (QED) is 0.871. The molecule has 0 radical (unpaired) electrons. The Balaban J connectivity index is 2.29. The summed E-state index contributed by atoms with van der Waals surface area (Å²) in [6, 6.07) is 6.17. The topological polar surface area (TPSA) is 60.5 Å². The first-order chi connectivity index (χ1) is 10.0. The Kier molecular flexibility index (Phi) is 4.88. The van der Waals surface area contributed by atoms with Gasteiger partial charge in [-0.05, 0) is 12.1 Å². The number of halogens is 2. The molecule has 2 rings (SSSR count). The van der Waals surface area contributed by atoms with Crippen LogP contribution in [0.4, 0.5) is 5.69 Å². The van der Waals surface area contributed by atoms with Gasteiger partial charge in [-0.1, -0.05) is 23.2 Å². The first kappa shape index (κ1) is 15.4. The van der Waals surface area contributed by atoms with Crippen molar-refractivity contribution in [1.82, 2.24) is 4.98 Å². The first-order valence-electron chi connectivity index (χ1n) is 5.89. The number of methoxy groups -OCH3 is 2. The third kappa shape index (κ3) is 3.56. The van der Waals surface area contributed by atoms with Crippen LogP contribution in [0.15, 0.2) is 30.5 Å². The number of anilines is 1. The molecule has 0 spiro atoms. The molecule has 0 saturated heterocycles. The van der Waals surface area contributed by atoms with Gasteiger partial charge in [0.05, 0.1) is 24.9 Å². The van der Waals surface area contributed by atoms with Gasteiger partial charge >= 0.3 is 0 Å². The lowest BCUT2D eigenvalue weighted by molar-refractivity contribution is 0.102. The predicted octanol–water partition coefficient (Wildman–Crippen LogP) is 3.66. The second kappa shape index (κ2) is 6.65. The summed E-state index contributed by atoms with van der Waals surface area (Å²) in [5, 5.41) is 3.26. The van der Waals surface area contributed by atoms with E-state index in [2.05, 4.69) is 10.3 Å². The van der Waals surface area contributed by atoms with Crippen molar-refractivity contribution in [3.63, 3.8) is 0 Å². The van der Waals surface area contributed by atoms with Gasteiger partial charge < -0.3 is 14.8 Å². The fourth-order valence-corrected chi connectivity index (χ4v) is 2.06. The Morgan fingerprint density at radius 3 is 2.43 bits per heavy atom. The number of carbonyl (C=O) groups is 1. The molecule has 0 aliphatic heterocycles. The van der Waals surface area contributed by atoms with E-state index in [9.17, 15) is 4.79 Å². The van der Waals surface area contributed by atoms with Crippen LogP contribution in [0.5, 0.6) is 11.5 Å². The Morgan fingerprint density at radius 2 is 1.81 bits per heavy atom. The number of rotatable bonds is 4. The summed E-state index contributed by atoms with van der Waals surface area (Å²) >= 11 is 11.9. The lowest BCUT2D eigenvalue weighted by Gasteiger charge is -2.12. The van der Waals surface area contributed by atoms with Gasteiger partial charge in [-0.15, -0.1) is 0 Å². The summed E-state index contributed by atoms with van der Waals surface area (Å²) in [5.74, 6) is 0.589. The summed E-state index contributed by atoms with van der Waals surface area (Å²) in [5.41, 5.74) is 0.785. The second-order valence-electron chi connectivity index (χ2n) is 4.01. The third-order valence-electron chi connectivity index (χ3n) is 2.71. The maximum atomic E-state index is 12.1. The summed E-state index contributed by atoms with van der Waals surface area (Å²) in [6.45, 7) is 0. The smallest absolute Gasteiger partial charge is 0.255 e. The van der Waals surface area contributed by atoms with Crippen molar-refractivity contribution in [3.05, 3.63) is 46.2 Å². The predicted molar refractivity (Wildman–Crippen MR) is 81.8 cm³/mol. The fourth-order valence-electron chi connectivity index (χ4n) is 1.69. The van der Waals surface area contributed by atoms with Gasteiger partial charge in [0.2, 0.25) is 0 Å². The summed E-state index contributed by atoms with van der Waals surface area (Å²) in [4.78, 5) is 16.0. The Morgan fingerprint density at radius 1 is 1.14 bits per heavy atom. The lowest BCUT2D eigenvalue weighted by atomic mass is 10.2. The number of hydrogen-bond donors (Lipinski definition) is 1. The highest BCUT2D eigenvalue weighted by Crippen LogP contribution is 2.36. The molecule has 0 aliphatic carbocycles. The van der Waals surface area contributed by atoms with Gasteiger partial charge in [-0.2, -0.15) is 0 Å². The molecule has 0 fully saturated rings. The van der Waals surface area contributed by atoms with Gasteiger partial charge in [0.1, 0.15) is 5.15 Å². The van der Waals surface area contributed by atoms with Crippen molar-refractivity contribution in [2.75, 3.05) is 19.5 Å². The second-order valence-corrected chi connectivity index (χ2v) is 4.80. The molecule has 0 unspecified atom stereocenters. The zero-order valence-corrected chi connectivity index (χ0v) is 12.8. The lowest BCUT2D eigenvalue weighted by Crippen LogP contribution is -2.12. The molecule has 1 aromatic heterocycles. The Labute approximate surface area is 131 Å². The summed E-state index contributed by atoms with van der Waals surface area (Å²) in [7, 11) is 3.01. The molecule has 1 aromatic carbocycles. The van der Waals surface area contributed by atoms with Crippen LogP contribution < -0.4 is 14.8 Å². The molecule has 110 valence electrons. The normalized spacial score (nSPS) is 10.1. The van der Waals surface area contributed by atoms with Crippen LogP contribution in [-0.4, -0.2) is 25.1 Å². The molecule has 0 aliphatic rings. The maximum absolute atomic E-state index is 12.1. The van der Waals surface area contributed by atoms with Crippen molar-refractivity contribution >= 4 is 34.8 Å². The van der Waals surface area contributed by atoms with Crippen LogP contribution in [0, 0.1) is 0 Å². The van der Waals surface area contributed by atoms with Crippen molar-refractivity contribution in [2.45, 2.75) is 0 Å². The minimum absolute atomic E-state index is 0.237. The number of benzene rings is 1. The highest BCUT2D eigenvalue weighted by Gasteiger charge is 2.13.